The number of carbonyl (C=O) groups excluding carboxylic acids is 1. The summed E-state index contributed by atoms with van der Waals surface area (Å²) in [6, 6.07) is 5.65. The van der Waals surface area contributed by atoms with Gasteiger partial charge in [-0.2, -0.15) is 0 Å². The fourth-order valence-corrected chi connectivity index (χ4v) is 6.76. The second kappa shape index (κ2) is 8.46. The summed E-state index contributed by atoms with van der Waals surface area (Å²) in [6.07, 6.45) is 10.8. The molecule has 1 aromatic rings. The zero-order valence-corrected chi connectivity index (χ0v) is 17.8. The molecule has 0 aromatic carbocycles. The number of nitrogens with zero attached hydrogens (tertiary/aromatic N) is 2. The molecule has 30 heavy (non-hydrogen) atoms. The third-order valence-corrected chi connectivity index (χ3v) is 8.24. The van der Waals surface area contributed by atoms with Gasteiger partial charge >= 0.3 is 0 Å². The molecule has 2 N–H and O–H groups in total. The molecule has 4 aliphatic rings. The standard InChI is InChI=1S/C24H35N3O3/c28-15-18-20-14-26-19(11-6-12-21(26)29)23(27(20)13-16-7-4-5-8-16)22(18)24(30)25-17-9-2-1-3-10-17/h6,11-12,16-18,20,22-23,28H,1-5,7-10,13-15H2,(H,25,30)/t18-,20-,22+,23+/m0/s1. The van der Waals surface area contributed by atoms with Crippen molar-refractivity contribution in [3.63, 3.8) is 0 Å². The molecular weight excluding hydrogens is 378 g/mol. The van der Waals surface area contributed by atoms with Crippen molar-refractivity contribution in [1.29, 1.82) is 0 Å². The minimum absolute atomic E-state index is 0.00613. The van der Waals surface area contributed by atoms with E-state index in [-0.39, 0.29) is 48.0 Å². The van der Waals surface area contributed by atoms with Crippen molar-refractivity contribution >= 4 is 5.91 Å². The van der Waals surface area contributed by atoms with Crippen LogP contribution in [0.25, 0.3) is 0 Å². The molecular formula is C24H35N3O3. The van der Waals surface area contributed by atoms with Crippen LogP contribution >= 0.6 is 0 Å². The van der Waals surface area contributed by atoms with Gasteiger partial charge in [-0.1, -0.05) is 38.2 Å². The van der Waals surface area contributed by atoms with Gasteiger partial charge in [0.05, 0.1) is 12.0 Å². The molecule has 0 unspecified atom stereocenters. The van der Waals surface area contributed by atoms with E-state index in [2.05, 4.69) is 10.2 Å². The zero-order valence-electron chi connectivity index (χ0n) is 17.8. The highest BCUT2D eigenvalue weighted by Gasteiger charge is 2.56. The maximum absolute atomic E-state index is 13.6. The molecule has 164 valence electrons. The molecule has 2 aliphatic heterocycles. The van der Waals surface area contributed by atoms with Crippen molar-refractivity contribution in [3.05, 3.63) is 34.2 Å². The molecule has 2 saturated carbocycles. The summed E-state index contributed by atoms with van der Waals surface area (Å²) in [7, 11) is 0. The Morgan fingerprint density at radius 1 is 1.07 bits per heavy atom. The fourth-order valence-electron chi connectivity index (χ4n) is 6.76. The maximum atomic E-state index is 13.6. The number of hydrogen-bond acceptors (Lipinski definition) is 4. The Balaban J connectivity index is 1.48. The Morgan fingerprint density at radius 2 is 1.80 bits per heavy atom. The average Bonchev–Trinajstić information content (AvgIpc) is 3.33. The van der Waals surface area contributed by atoms with Crippen LogP contribution in [-0.2, 0) is 11.3 Å². The molecule has 1 saturated heterocycles. The number of aliphatic hydroxyl groups is 1. The number of aromatic nitrogens is 1. The highest BCUT2D eigenvalue weighted by atomic mass is 16.3. The predicted octanol–water partition coefficient (Wildman–Crippen LogP) is 2.45. The Kier molecular flexibility index (Phi) is 5.71. The largest absolute Gasteiger partial charge is 0.396 e. The fraction of sp³-hybridized carbons (Fsp3) is 0.750. The lowest BCUT2D eigenvalue weighted by Gasteiger charge is -2.39. The van der Waals surface area contributed by atoms with Crippen molar-refractivity contribution in [2.45, 2.75) is 82.5 Å². The van der Waals surface area contributed by atoms with Crippen LogP contribution in [0, 0.1) is 17.8 Å². The van der Waals surface area contributed by atoms with Gasteiger partial charge in [0.2, 0.25) is 5.91 Å². The molecule has 1 aromatic heterocycles. The first kappa shape index (κ1) is 20.3. The van der Waals surface area contributed by atoms with Gasteiger partial charge in [-0.05, 0) is 37.7 Å². The third kappa shape index (κ3) is 3.52. The summed E-state index contributed by atoms with van der Waals surface area (Å²) < 4.78 is 1.86. The second-order valence-corrected chi connectivity index (χ2v) is 9.97. The van der Waals surface area contributed by atoms with Crippen LogP contribution in [0.2, 0.25) is 0 Å². The van der Waals surface area contributed by atoms with Crippen LogP contribution < -0.4 is 10.9 Å². The van der Waals surface area contributed by atoms with Gasteiger partial charge in [-0.15, -0.1) is 0 Å². The van der Waals surface area contributed by atoms with Crippen LogP contribution in [0.1, 0.15) is 69.5 Å². The number of fused-ring (bicyclic) bond motifs is 4. The van der Waals surface area contributed by atoms with Gasteiger partial charge in [-0.3, -0.25) is 14.5 Å². The first-order valence-electron chi connectivity index (χ1n) is 12.0. The number of carbonyl (C=O) groups is 1. The first-order valence-corrected chi connectivity index (χ1v) is 12.0. The van der Waals surface area contributed by atoms with Crippen LogP contribution in [0.4, 0.5) is 0 Å². The summed E-state index contributed by atoms with van der Waals surface area (Å²) >= 11 is 0. The predicted molar refractivity (Wildman–Crippen MR) is 115 cm³/mol. The molecule has 5 rings (SSSR count). The maximum Gasteiger partial charge on any atom is 0.250 e. The van der Waals surface area contributed by atoms with Gasteiger partial charge < -0.3 is 15.0 Å². The van der Waals surface area contributed by atoms with Crippen LogP contribution in [0.15, 0.2) is 23.0 Å². The number of hydrogen-bond donors (Lipinski definition) is 2. The smallest absolute Gasteiger partial charge is 0.250 e. The molecule has 2 bridgehead atoms. The normalized spacial score (nSPS) is 32.3. The van der Waals surface area contributed by atoms with Crippen molar-refractivity contribution < 1.29 is 9.90 Å². The van der Waals surface area contributed by atoms with Crippen LogP contribution in [0.3, 0.4) is 0 Å². The lowest BCUT2D eigenvalue weighted by atomic mass is 9.85. The minimum Gasteiger partial charge on any atom is -0.396 e. The van der Waals surface area contributed by atoms with Crippen molar-refractivity contribution in [2.24, 2.45) is 17.8 Å². The molecule has 3 fully saturated rings. The molecule has 6 heteroatoms. The van der Waals surface area contributed by atoms with Crippen LogP contribution in [-0.4, -0.2) is 45.7 Å². The quantitative estimate of drug-likeness (QED) is 0.778. The number of aliphatic hydroxyl groups excluding tert-OH is 1. The highest BCUT2D eigenvalue weighted by molar-refractivity contribution is 5.81. The second-order valence-electron chi connectivity index (χ2n) is 9.97. The van der Waals surface area contributed by atoms with Crippen molar-refractivity contribution in [3.8, 4) is 0 Å². The SMILES string of the molecule is O=C(NC1CCCCC1)[C@@H]1[C@@H](CO)[C@@H]2Cn3c(cccc3=O)[C@H]1N2CC1CCCC1. The van der Waals surface area contributed by atoms with E-state index in [9.17, 15) is 14.7 Å². The van der Waals surface area contributed by atoms with E-state index in [1.807, 2.05) is 16.7 Å². The van der Waals surface area contributed by atoms with E-state index in [4.69, 9.17) is 0 Å². The van der Waals surface area contributed by atoms with Gasteiger partial charge in [0, 0.05) is 49.5 Å². The average molecular weight is 414 g/mol. The van der Waals surface area contributed by atoms with Gasteiger partial charge in [-0.25, -0.2) is 0 Å². The molecule has 3 heterocycles. The van der Waals surface area contributed by atoms with Gasteiger partial charge in [0.15, 0.2) is 0 Å². The molecule has 0 radical (unpaired) electrons. The van der Waals surface area contributed by atoms with E-state index >= 15 is 0 Å². The molecule has 0 spiro atoms. The zero-order chi connectivity index (χ0) is 20.7. The van der Waals surface area contributed by atoms with E-state index in [0.717, 1.165) is 25.1 Å². The lowest BCUT2D eigenvalue weighted by molar-refractivity contribution is -0.128. The number of amides is 1. The molecule has 1 amide bonds. The number of pyridine rings is 1. The Labute approximate surface area is 178 Å². The highest BCUT2D eigenvalue weighted by Crippen LogP contribution is 2.49. The van der Waals surface area contributed by atoms with Crippen LogP contribution in [0.5, 0.6) is 0 Å². The van der Waals surface area contributed by atoms with Crippen molar-refractivity contribution in [1.82, 2.24) is 14.8 Å². The van der Waals surface area contributed by atoms with E-state index in [1.54, 1.807) is 6.07 Å². The Hall–Kier alpha value is -1.66. The minimum atomic E-state index is -0.293. The summed E-state index contributed by atoms with van der Waals surface area (Å²) in [6.45, 7) is 1.55. The molecule has 6 nitrogen and oxygen atoms in total. The Morgan fingerprint density at radius 3 is 2.53 bits per heavy atom. The van der Waals surface area contributed by atoms with Gasteiger partial charge in [0.25, 0.3) is 5.56 Å². The lowest BCUT2D eigenvalue weighted by Crippen LogP contribution is -2.48. The third-order valence-electron chi connectivity index (χ3n) is 8.24. The topological polar surface area (TPSA) is 74.6 Å². The molecule has 4 atom stereocenters. The summed E-state index contributed by atoms with van der Waals surface area (Å²) in [4.78, 5) is 28.7. The van der Waals surface area contributed by atoms with E-state index in [1.165, 1.54) is 44.9 Å². The van der Waals surface area contributed by atoms with Gasteiger partial charge in [0.1, 0.15) is 0 Å². The number of nitrogens with one attached hydrogen (secondary N) is 1. The number of rotatable bonds is 5. The van der Waals surface area contributed by atoms with E-state index < -0.39 is 0 Å². The van der Waals surface area contributed by atoms with E-state index in [0.29, 0.717) is 12.5 Å². The monoisotopic (exact) mass is 413 g/mol. The Bertz CT molecular complexity index is 825. The summed E-state index contributed by atoms with van der Waals surface area (Å²) in [5.74, 6) is 0.323. The molecule has 2 aliphatic carbocycles. The van der Waals surface area contributed by atoms with Crippen molar-refractivity contribution in [2.75, 3.05) is 13.2 Å². The first-order chi connectivity index (χ1) is 14.7. The summed E-state index contributed by atoms with van der Waals surface area (Å²) in [5.41, 5.74) is 0.963. The summed E-state index contributed by atoms with van der Waals surface area (Å²) in [5, 5.41) is 13.7.